The fraction of sp³-hybridized carbons (Fsp3) is 0.286. The van der Waals surface area contributed by atoms with Crippen LogP contribution in [0.15, 0.2) is 41.8 Å². The highest BCUT2D eigenvalue weighted by atomic mass is 35.5. The largest absolute Gasteiger partial charge is 0.310 e. The number of halogens is 1. The Kier molecular flexibility index (Phi) is 4.60. The van der Waals surface area contributed by atoms with Gasteiger partial charge in [0.1, 0.15) is 0 Å². The molecule has 1 aromatic carbocycles. The highest BCUT2D eigenvalue weighted by Gasteiger charge is 2.07. The van der Waals surface area contributed by atoms with E-state index in [9.17, 15) is 0 Å². The van der Waals surface area contributed by atoms with Crippen molar-refractivity contribution in [2.24, 2.45) is 0 Å². The SMILES string of the molecule is C[C@H](NCCc1cccs1)c1ccccc1Cl. The van der Waals surface area contributed by atoms with Crippen molar-refractivity contribution in [3.63, 3.8) is 0 Å². The minimum Gasteiger partial charge on any atom is -0.310 e. The molecule has 0 saturated carbocycles. The van der Waals surface area contributed by atoms with Crippen LogP contribution in [-0.4, -0.2) is 6.54 Å². The second-order valence-corrected chi connectivity index (χ2v) is 5.47. The predicted molar refractivity (Wildman–Crippen MR) is 75.9 cm³/mol. The number of rotatable bonds is 5. The standard InChI is InChI=1S/C14H16ClNS/c1-11(13-6-2-3-7-14(13)15)16-9-8-12-5-4-10-17-12/h2-7,10-11,16H,8-9H2,1H3/t11-/m0/s1. The van der Waals surface area contributed by atoms with E-state index >= 15 is 0 Å². The first-order chi connectivity index (χ1) is 8.27. The number of hydrogen-bond donors (Lipinski definition) is 1. The highest BCUT2D eigenvalue weighted by molar-refractivity contribution is 7.09. The quantitative estimate of drug-likeness (QED) is 0.850. The van der Waals surface area contributed by atoms with Crippen molar-refractivity contribution in [3.05, 3.63) is 57.2 Å². The molecule has 0 radical (unpaired) electrons. The molecule has 2 aromatic rings. The zero-order valence-corrected chi connectivity index (χ0v) is 11.4. The number of hydrogen-bond acceptors (Lipinski definition) is 2. The maximum absolute atomic E-state index is 6.16. The van der Waals surface area contributed by atoms with Crippen molar-refractivity contribution in [1.82, 2.24) is 5.32 Å². The average Bonchev–Trinajstić information content (AvgIpc) is 2.82. The average molecular weight is 266 g/mol. The maximum Gasteiger partial charge on any atom is 0.0453 e. The Morgan fingerprint density at radius 2 is 2.06 bits per heavy atom. The molecule has 0 bridgehead atoms. The van der Waals surface area contributed by atoms with Crippen LogP contribution in [-0.2, 0) is 6.42 Å². The Balaban J connectivity index is 1.85. The number of thiophene rings is 1. The van der Waals surface area contributed by atoms with E-state index < -0.39 is 0 Å². The van der Waals surface area contributed by atoms with Crippen LogP contribution in [0, 0.1) is 0 Å². The van der Waals surface area contributed by atoms with Gasteiger partial charge in [0.25, 0.3) is 0 Å². The van der Waals surface area contributed by atoms with E-state index in [0.29, 0.717) is 6.04 Å². The summed E-state index contributed by atoms with van der Waals surface area (Å²) in [5.74, 6) is 0. The first-order valence-electron chi connectivity index (χ1n) is 5.77. The molecular formula is C14H16ClNS. The normalized spacial score (nSPS) is 12.6. The fourth-order valence-electron chi connectivity index (χ4n) is 1.80. The Labute approximate surface area is 111 Å². The van der Waals surface area contributed by atoms with E-state index in [1.54, 1.807) is 0 Å². The van der Waals surface area contributed by atoms with E-state index in [-0.39, 0.29) is 0 Å². The molecule has 0 amide bonds. The lowest BCUT2D eigenvalue weighted by Gasteiger charge is -2.15. The van der Waals surface area contributed by atoms with Gasteiger partial charge in [-0.05, 0) is 36.4 Å². The molecule has 0 aliphatic rings. The lowest BCUT2D eigenvalue weighted by molar-refractivity contribution is 0.579. The molecule has 0 spiro atoms. The lowest BCUT2D eigenvalue weighted by atomic mass is 10.1. The van der Waals surface area contributed by atoms with Gasteiger partial charge in [-0.25, -0.2) is 0 Å². The van der Waals surface area contributed by atoms with Crippen LogP contribution in [0.25, 0.3) is 0 Å². The summed E-state index contributed by atoms with van der Waals surface area (Å²) in [4.78, 5) is 1.42. The van der Waals surface area contributed by atoms with Gasteiger partial charge < -0.3 is 5.32 Å². The Morgan fingerprint density at radius 3 is 2.76 bits per heavy atom. The van der Waals surface area contributed by atoms with E-state index in [4.69, 9.17) is 11.6 Å². The van der Waals surface area contributed by atoms with Crippen LogP contribution in [0.2, 0.25) is 5.02 Å². The molecule has 90 valence electrons. The van der Waals surface area contributed by atoms with Crippen LogP contribution in [0.1, 0.15) is 23.4 Å². The summed E-state index contributed by atoms with van der Waals surface area (Å²) in [7, 11) is 0. The van der Waals surface area contributed by atoms with Crippen LogP contribution < -0.4 is 5.32 Å². The third-order valence-electron chi connectivity index (χ3n) is 2.77. The third kappa shape index (κ3) is 3.56. The molecule has 2 rings (SSSR count). The van der Waals surface area contributed by atoms with E-state index in [1.165, 1.54) is 10.4 Å². The summed E-state index contributed by atoms with van der Waals surface area (Å²) in [5, 5.41) is 6.45. The second kappa shape index (κ2) is 6.20. The minimum atomic E-state index is 0.295. The van der Waals surface area contributed by atoms with Crippen molar-refractivity contribution >= 4 is 22.9 Å². The van der Waals surface area contributed by atoms with Crippen LogP contribution >= 0.6 is 22.9 Å². The summed E-state index contributed by atoms with van der Waals surface area (Å²) >= 11 is 7.97. The molecule has 1 N–H and O–H groups in total. The fourth-order valence-corrected chi connectivity index (χ4v) is 2.81. The van der Waals surface area contributed by atoms with Crippen LogP contribution in [0.4, 0.5) is 0 Å². The summed E-state index contributed by atoms with van der Waals surface area (Å²) in [6.07, 6.45) is 1.08. The molecule has 0 fully saturated rings. The Hall–Kier alpha value is -0.830. The highest BCUT2D eigenvalue weighted by Crippen LogP contribution is 2.22. The zero-order valence-electron chi connectivity index (χ0n) is 9.82. The molecule has 1 aromatic heterocycles. The molecule has 0 aliphatic heterocycles. The molecule has 0 saturated heterocycles. The minimum absolute atomic E-state index is 0.295. The molecule has 1 atom stereocenters. The Bertz CT molecular complexity index is 453. The van der Waals surface area contributed by atoms with Crippen molar-refractivity contribution in [2.45, 2.75) is 19.4 Å². The molecular weight excluding hydrogens is 250 g/mol. The zero-order chi connectivity index (χ0) is 12.1. The molecule has 0 unspecified atom stereocenters. The number of nitrogens with one attached hydrogen (secondary N) is 1. The van der Waals surface area contributed by atoms with E-state index in [2.05, 4.69) is 35.8 Å². The Morgan fingerprint density at radius 1 is 1.24 bits per heavy atom. The second-order valence-electron chi connectivity index (χ2n) is 4.03. The summed E-state index contributed by atoms with van der Waals surface area (Å²) in [5.41, 5.74) is 1.17. The molecule has 1 nitrogen and oxygen atoms in total. The maximum atomic E-state index is 6.16. The van der Waals surface area contributed by atoms with Gasteiger partial charge in [0.2, 0.25) is 0 Å². The van der Waals surface area contributed by atoms with Gasteiger partial charge in [-0.15, -0.1) is 11.3 Å². The predicted octanol–water partition coefficient (Wildman–Crippen LogP) is 4.29. The van der Waals surface area contributed by atoms with E-state index in [1.807, 2.05) is 29.5 Å². The van der Waals surface area contributed by atoms with Gasteiger partial charge in [-0.3, -0.25) is 0 Å². The van der Waals surface area contributed by atoms with Crippen molar-refractivity contribution < 1.29 is 0 Å². The topological polar surface area (TPSA) is 12.0 Å². The van der Waals surface area contributed by atoms with Crippen molar-refractivity contribution in [2.75, 3.05) is 6.54 Å². The van der Waals surface area contributed by atoms with Crippen molar-refractivity contribution in [1.29, 1.82) is 0 Å². The van der Waals surface area contributed by atoms with Gasteiger partial charge in [0, 0.05) is 22.5 Å². The van der Waals surface area contributed by atoms with Crippen LogP contribution in [0.3, 0.4) is 0 Å². The lowest BCUT2D eigenvalue weighted by Crippen LogP contribution is -2.21. The summed E-state index contributed by atoms with van der Waals surface area (Å²) < 4.78 is 0. The van der Waals surface area contributed by atoms with Crippen molar-refractivity contribution in [3.8, 4) is 0 Å². The molecule has 3 heteroatoms. The van der Waals surface area contributed by atoms with Gasteiger partial charge in [0.15, 0.2) is 0 Å². The van der Waals surface area contributed by atoms with E-state index in [0.717, 1.165) is 18.0 Å². The van der Waals surface area contributed by atoms with Gasteiger partial charge in [-0.1, -0.05) is 35.9 Å². The van der Waals surface area contributed by atoms with Gasteiger partial charge in [0.05, 0.1) is 0 Å². The van der Waals surface area contributed by atoms with Gasteiger partial charge >= 0.3 is 0 Å². The smallest absolute Gasteiger partial charge is 0.0453 e. The molecule has 17 heavy (non-hydrogen) atoms. The summed E-state index contributed by atoms with van der Waals surface area (Å²) in [6.45, 7) is 3.13. The first kappa shape index (κ1) is 12.6. The number of benzene rings is 1. The molecule has 1 heterocycles. The monoisotopic (exact) mass is 265 g/mol. The summed E-state index contributed by atoms with van der Waals surface area (Å²) in [6, 6.07) is 12.6. The van der Waals surface area contributed by atoms with Gasteiger partial charge in [-0.2, -0.15) is 0 Å². The third-order valence-corrected chi connectivity index (χ3v) is 4.05. The molecule has 0 aliphatic carbocycles. The first-order valence-corrected chi connectivity index (χ1v) is 7.03. The van der Waals surface area contributed by atoms with Crippen LogP contribution in [0.5, 0.6) is 0 Å².